The number of aliphatic hydroxyl groups is 1. The second kappa shape index (κ2) is 3.56. The molecule has 0 aromatic heterocycles. The highest BCUT2D eigenvalue weighted by atomic mass is 16.3. The summed E-state index contributed by atoms with van der Waals surface area (Å²) in [5, 5.41) is 9.79. The van der Waals surface area contributed by atoms with Crippen LogP contribution < -0.4 is 0 Å². The molecule has 2 amide bonds. The van der Waals surface area contributed by atoms with E-state index in [-0.39, 0.29) is 28.7 Å². The van der Waals surface area contributed by atoms with Crippen molar-refractivity contribution in [3.8, 4) is 0 Å². The van der Waals surface area contributed by atoms with Gasteiger partial charge in [-0.2, -0.15) is 0 Å². The molecule has 1 aliphatic heterocycles. The third-order valence-electron chi connectivity index (χ3n) is 5.47. The fourth-order valence-electron chi connectivity index (χ4n) is 3.90. The molecule has 3 fully saturated rings. The normalized spacial score (nSPS) is 37.4. The van der Waals surface area contributed by atoms with Crippen LogP contribution in [-0.2, 0) is 9.59 Å². The summed E-state index contributed by atoms with van der Waals surface area (Å²) in [6.07, 6.45) is 4.39. The summed E-state index contributed by atoms with van der Waals surface area (Å²) in [5.41, 5.74) is -0.733. The highest BCUT2D eigenvalue weighted by Gasteiger charge is 2.60. The van der Waals surface area contributed by atoms with Gasteiger partial charge in [0, 0.05) is 17.9 Å². The van der Waals surface area contributed by atoms with Gasteiger partial charge < -0.3 is 5.11 Å². The van der Waals surface area contributed by atoms with Crippen molar-refractivity contribution in [1.29, 1.82) is 0 Å². The first-order chi connectivity index (χ1) is 8.38. The molecule has 0 bridgehead atoms. The molecule has 1 saturated heterocycles. The number of amides is 2. The number of hydrogen-bond donors (Lipinski definition) is 1. The second-order valence-corrected chi connectivity index (χ2v) is 6.82. The van der Waals surface area contributed by atoms with E-state index >= 15 is 0 Å². The van der Waals surface area contributed by atoms with Gasteiger partial charge in [-0.1, -0.05) is 26.7 Å². The smallest absolute Gasteiger partial charge is 0.236 e. The average molecular weight is 251 g/mol. The standard InChI is InChI=1S/C14H21NO3/c1-13(2)9(7-10(13)16)15-11(17)8-14(12(15)18)5-3-4-6-14/h9-10,16H,3-8H2,1-2H3. The Hall–Kier alpha value is -0.900. The Balaban J connectivity index is 1.86. The third-order valence-corrected chi connectivity index (χ3v) is 5.47. The van der Waals surface area contributed by atoms with Crippen molar-refractivity contribution in [3.63, 3.8) is 0 Å². The number of imide groups is 1. The van der Waals surface area contributed by atoms with Gasteiger partial charge in [-0.05, 0) is 19.3 Å². The zero-order chi connectivity index (χ0) is 13.1. The second-order valence-electron chi connectivity index (χ2n) is 6.82. The van der Waals surface area contributed by atoms with E-state index in [0.717, 1.165) is 25.7 Å². The van der Waals surface area contributed by atoms with Crippen LogP contribution in [0.1, 0.15) is 52.4 Å². The fourth-order valence-corrected chi connectivity index (χ4v) is 3.90. The monoisotopic (exact) mass is 251 g/mol. The first kappa shape index (κ1) is 12.2. The number of carbonyl (C=O) groups is 2. The molecule has 2 aliphatic carbocycles. The molecule has 0 aromatic carbocycles. The van der Waals surface area contributed by atoms with E-state index in [4.69, 9.17) is 0 Å². The van der Waals surface area contributed by atoms with Gasteiger partial charge in [0.1, 0.15) is 0 Å². The highest BCUT2D eigenvalue weighted by molar-refractivity contribution is 6.06. The molecule has 4 nitrogen and oxygen atoms in total. The summed E-state index contributed by atoms with van der Waals surface area (Å²) < 4.78 is 0. The Kier molecular flexibility index (Phi) is 2.40. The van der Waals surface area contributed by atoms with Gasteiger partial charge in [-0.15, -0.1) is 0 Å². The molecule has 3 aliphatic rings. The van der Waals surface area contributed by atoms with Gasteiger partial charge in [-0.25, -0.2) is 0 Å². The van der Waals surface area contributed by atoms with E-state index in [1.165, 1.54) is 4.90 Å². The minimum absolute atomic E-state index is 0.0214. The zero-order valence-corrected chi connectivity index (χ0v) is 11.1. The molecule has 0 radical (unpaired) electrons. The molecule has 2 unspecified atom stereocenters. The minimum atomic E-state index is -0.400. The lowest BCUT2D eigenvalue weighted by Crippen LogP contribution is -2.63. The maximum atomic E-state index is 12.6. The first-order valence-corrected chi connectivity index (χ1v) is 6.93. The van der Waals surface area contributed by atoms with Crippen LogP contribution in [0.2, 0.25) is 0 Å². The third kappa shape index (κ3) is 1.35. The minimum Gasteiger partial charge on any atom is -0.392 e. The molecule has 3 rings (SSSR count). The van der Waals surface area contributed by atoms with Crippen molar-refractivity contribution in [3.05, 3.63) is 0 Å². The van der Waals surface area contributed by atoms with E-state index < -0.39 is 6.10 Å². The number of rotatable bonds is 1. The van der Waals surface area contributed by atoms with Crippen LogP contribution in [0.25, 0.3) is 0 Å². The number of hydrogen-bond acceptors (Lipinski definition) is 3. The number of aliphatic hydroxyl groups excluding tert-OH is 1. The van der Waals surface area contributed by atoms with Crippen LogP contribution in [0.4, 0.5) is 0 Å². The van der Waals surface area contributed by atoms with Gasteiger partial charge in [0.25, 0.3) is 0 Å². The van der Waals surface area contributed by atoms with Gasteiger partial charge in [0.2, 0.25) is 11.8 Å². The topological polar surface area (TPSA) is 57.6 Å². The van der Waals surface area contributed by atoms with Crippen molar-refractivity contribution in [2.24, 2.45) is 10.8 Å². The molecule has 2 atom stereocenters. The predicted molar refractivity (Wildman–Crippen MR) is 65.6 cm³/mol. The average Bonchev–Trinajstić information content (AvgIpc) is 2.85. The first-order valence-electron chi connectivity index (χ1n) is 6.93. The predicted octanol–water partition coefficient (Wildman–Crippen LogP) is 1.47. The van der Waals surface area contributed by atoms with Crippen LogP contribution in [0.3, 0.4) is 0 Å². The van der Waals surface area contributed by atoms with Crippen LogP contribution in [0.15, 0.2) is 0 Å². The molecule has 1 heterocycles. The summed E-state index contributed by atoms with van der Waals surface area (Å²) in [6, 6.07) is -0.104. The van der Waals surface area contributed by atoms with Crippen molar-refractivity contribution in [2.75, 3.05) is 0 Å². The summed E-state index contributed by atoms with van der Waals surface area (Å²) in [6.45, 7) is 3.87. The molecule has 1 N–H and O–H groups in total. The van der Waals surface area contributed by atoms with Gasteiger partial charge in [-0.3, -0.25) is 14.5 Å². The number of carbonyl (C=O) groups excluding carboxylic acids is 2. The Morgan fingerprint density at radius 3 is 2.33 bits per heavy atom. The van der Waals surface area contributed by atoms with Crippen LogP contribution in [-0.4, -0.2) is 34.0 Å². The van der Waals surface area contributed by atoms with Crippen molar-refractivity contribution >= 4 is 11.8 Å². The molecular weight excluding hydrogens is 230 g/mol. The van der Waals surface area contributed by atoms with Crippen LogP contribution in [0.5, 0.6) is 0 Å². The van der Waals surface area contributed by atoms with E-state index in [9.17, 15) is 14.7 Å². The fraction of sp³-hybridized carbons (Fsp3) is 0.857. The lowest BCUT2D eigenvalue weighted by Gasteiger charge is -2.52. The van der Waals surface area contributed by atoms with Gasteiger partial charge in [0.05, 0.1) is 11.5 Å². The molecular formula is C14H21NO3. The highest BCUT2D eigenvalue weighted by Crippen LogP contribution is 2.52. The Morgan fingerprint density at radius 1 is 1.22 bits per heavy atom. The maximum absolute atomic E-state index is 12.6. The number of nitrogens with zero attached hydrogens (tertiary/aromatic N) is 1. The molecule has 1 spiro atoms. The summed E-state index contributed by atoms with van der Waals surface area (Å²) in [5.74, 6) is 0.0156. The van der Waals surface area contributed by atoms with E-state index in [1.54, 1.807) is 0 Å². The van der Waals surface area contributed by atoms with Crippen LogP contribution in [0, 0.1) is 10.8 Å². The van der Waals surface area contributed by atoms with Gasteiger partial charge >= 0.3 is 0 Å². The van der Waals surface area contributed by atoms with Crippen LogP contribution >= 0.6 is 0 Å². The van der Waals surface area contributed by atoms with Crippen molar-refractivity contribution in [2.45, 2.75) is 64.5 Å². The van der Waals surface area contributed by atoms with E-state index in [2.05, 4.69) is 0 Å². The number of likely N-dealkylation sites (tertiary alicyclic amines) is 1. The largest absolute Gasteiger partial charge is 0.392 e. The zero-order valence-electron chi connectivity index (χ0n) is 11.1. The van der Waals surface area contributed by atoms with E-state index in [1.807, 2.05) is 13.8 Å². The van der Waals surface area contributed by atoms with E-state index in [0.29, 0.717) is 12.8 Å². The Morgan fingerprint density at radius 2 is 1.83 bits per heavy atom. The Labute approximate surface area is 107 Å². The maximum Gasteiger partial charge on any atom is 0.236 e. The SMILES string of the molecule is CC1(C)C(O)CC1N1C(=O)CC2(CCCC2)C1=O. The molecule has 100 valence electrons. The lowest BCUT2D eigenvalue weighted by atomic mass is 9.64. The molecule has 4 heteroatoms. The quantitative estimate of drug-likeness (QED) is 0.718. The summed E-state index contributed by atoms with van der Waals surface area (Å²) >= 11 is 0. The van der Waals surface area contributed by atoms with Crippen molar-refractivity contribution < 1.29 is 14.7 Å². The molecule has 0 aromatic rings. The summed E-state index contributed by atoms with van der Waals surface area (Å²) in [4.78, 5) is 26.3. The van der Waals surface area contributed by atoms with Crippen molar-refractivity contribution in [1.82, 2.24) is 4.90 Å². The van der Waals surface area contributed by atoms with Gasteiger partial charge in [0.15, 0.2) is 0 Å². The Bertz CT molecular complexity index is 409. The molecule has 18 heavy (non-hydrogen) atoms. The lowest BCUT2D eigenvalue weighted by molar-refractivity contribution is -0.164. The molecule has 2 saturated carbocycles. The summed E-state index contributed by atoms with van der Waals surface area (Å²) in [7, 11) is 0.